The van der Waals surface area contributed by atoms with E-state index in [9.17, 15) is 0 Å². The molecule has 0 bridgehead atoms. The van der Waals surface area contributed by atoms with Crippen LogP contribution in [0.2, 0.25) is 0 Å². The van der Waals surface area contributed by atoms with E-state index in [0.29, 0.717) is 0 Å². The molecule has 7 heavy (non-hydrogen) atoms. The van der Waals surface area contributed by atoms with E-state index in [-0.39, 0.29) is 46.2 Å². The van der Waals surface area contributed by atoms with Crippen LogP contribution in [-0.2, 0) is 0 Å². The van der Waals surface area contributed by atoms with E-state index in [2.05, 4.69) is 0 Å². The molecule has 38 valence electrons. The van der Waals surface area contributed by atoms with Crippen LogP contribution >= 0.6 is 0 Å². The van der Waals surface area contributed by atoms with Crippen LogP contribution in [0, 0.1) is 0 Å². The zero-order valence-electron chi connectivity index (χ0n) is 7.00. The summed E-state index contributed by atoms with van der Waals surface area (Å²) in [5, 5.41) is 0. The summed E-state index contributed by atoms with van der Waals surface area (Å²) in [6.07, 6.45) is 0. The van der Waals surface area contributed by atoms with Gasteiger partial charge in [0, 0.05) is 0 Å². The quantitative estimate of drug-likeness (QED) is 0.247. The van der Waals surface area contributed by atoms with Crippen molar-refractivity contribution in [1.82, 2.24) is 0 Å². The minimum atomic E-state index is -4.61. The molecule has 0 aliphatic rings. The standard InChI is InChI=1S/Li.Mg.H4O4Si.3H/c;;1-5(2,3)4;;;/h;;1-4H;;;/q+1;+2;;3*-1. The fraction of sp³-hybridized carbons (Fsp3) is 0. The predicted molar refractivity (Wildman–Crippen MR) is 23.7 cm³/mol. The van der Waals surface area contributed by atoms with E-state index in [0.717, 1.165) is 0 Å². The van der Waals surface area contributed by atoms with Gasteiger partial charge in [-0.1, -0.05) is 0 Å². The summed E-state index contributed by atoms with van der Waals surface area (Å²) in [6.45, 7) is 0. The maximum absolute atomic E-state index is 7.33. The molecule has 0 aromatic heterocycles. The molecule has 0 aliphatic heterocycles. The molecule has 0 saturated heterocycles. The number of hydrogen-bond acceptors (Lipinski definition) is 4. The molecule has 0 aromatic carbocycles. The summed E-state index contributed by atoms with van der Waals surface area (Å²) in [6, 6.07) is 0. The van der Waals surface area contributed by atoms with Gasteiger partial charge in [-0.2, -0.15) is 0 Å². The Bertz CT molecular complexity index is 36.0. The van der Waals surface area contributed by atoms with Crippen molar-refractivity contribution in [1.29, 1.82) is 0 Å². The molecule has 4 N–H and O–H groups in total. The van der Waals surface area contributed by atoms with Crippen LogP contribution in [0.3, 0.4) is 0 Å². The van der Waals surface area contributed by atoms with Gasteiger partial charge < -0.3 is 23.5 Å². The van der Waals surface area contributed by atoms with Crippen LogP contribution in [0.4, 0.5) is 0 Å². The molecule has 0 saturated carbocycles. The van der Waals surface area contributed by atoms with Crippen molar-refractivity contribution in [3.63, 3.8) is 0 Å². The van der Waals surface area contributed by atoms with Gasteiger partial charge in [0.1, 0.15) is 0 Å². The molecule has 0 aromatic rings. The molecular weight excluding hydrogens is 123 g/mol. The van der Waals surface area contributed by atoms with Crippen LogP contribution in [0.5, 0.6) is 0 Å². The molecule has 0 spiro atoms. The van der Waals surface area contributed by atoms with Gasteiger partial charge in [0.15, 0.2) is 0 Å². The van der Waals surface area contributed by atoms with E-state index < -0.39 is 9.05 Å². The van der Waals surface area contributed by atoms with Crippen molar-refractivity contribution in [2.45, 2.75) is 0 Å². The van der Waals surface area contributed by atoms with Gasteiger partial charge >= 0.3 is 51.0 Å². The van der Waals surface area contributed by atoms with Crippen LogP contribution < -0.4 is 18.9 Å². The summed E-state index contributed by atoms with van der Waals surface area (Å²) < 4.78 is 0. The summed E-state index contributed by atoms with van der Waals surface area (Å²) in [4.78, 5) is 29.3. The Morgan fingerprint density at radius 2 is 1.00 bits per heavy atom. The smallest absolute Gasteiger partial charge is 1.00 e. The number of hydrogen-bond donors (Lipinski definition) is 4. The Morgan fingerprint density at radius 3 is 1.00 bits per heavy atom. The maximum atomic E-state index is 7.33. The minimum absolute atomic E-state index is 0. The Balaban J connectivity index is -0.00000000800. The molecular formula is H7LiMgO4Si. The first-order valence-electron chi connectivity index (χ1n) is 0.894. The van der Waals surface area contributed by atoms with Crippen molar-refractivity contribution in [3.05, 3.63) is 0 Å². The fourth-order valence-electron chi connectivity index (χ4n) is 0. The number of rotatable bonds is 0. The molecule has 0 rings (SSSR count). The zero-order valence-corrected chi connectivity index (χ0v) is 6.41. The maximum Gasteiger partial charge on any atom is 2.00 e. The van der Waals surface area contributed by atoms with Gasteiger partial charge in [-0.25, -0.2) is 0 Å². The largest absolute Gasteiger partial charge is 2.00 e. The topological polar surface area (TPSA) is 80.9 Å². The van der Waals surface area contributed by atoms with Crippen molar-refractivity contribution < 1.29 is 42.3 Å². The molecule has 0 amide bonds. The van der Waals surface area contributed by atoms with Crippen LogP contribution in [0.1, 0.15) is 4.28 Å². The van der Waals surface area contributed by atoms with E-state index in [4.69, 9.17) is 19.2 Å². The van der Waals surface area contributed by atoms with Crippen molar-refractivity contribution in [3.8, 4) is 0 Å². The van der Waals surface area contributed by atoms with E-state index in [1.165, 1.54) is 0 Å². The van der Waals surface area contributed by atoms with E-state index >= 15 is 0 Å². The molecule has 0 radical (unpaired) electrons. The molecule has 0 fully saturated rings. The second-order valence-electron chi connectivity index (χ2n) is 0.600. The van der Waals surface area contributed by atoms with Crippen molar-refractivity contribution in [2.75, 3.05) is 0 Å². The first-order chi connectivity index (χ1) is 2.00. The zero-order chi connectivity index (χ0) is 4.50. The summed E-state index contributed by atoms with van der Waals surface area (Å²) in [5.41, 5.74) is 0. The second kappa shape index (κ2) is 5.56. The molecule has 0 heterocycles. The van der Waals surface area contributed by atoms with Gasteiger partial charge in [0.25, 0.3) is 0 Å². The summed E-state index contributed by atoms with van der Waals surface area (Å²) in [7, 11) is -4.61. The first-order valence-corrected chi connectivity index (χ1v) is 2.68. The first kappa shape index (κ1) is 15.8. The second-order valence-corrected chi connectivity index (χ2v) is 1.80. The molecule has 0 aliphatic carbocycles. The van der Waals surface area contributed by atoms with Crippen LogP contribution in [0.15, 0.2) is 0 Å². The van der Waals surface area contributed by atoms with Crippen molar-refractivity contribution in [2.24, 2.45) is 0 Å². The van der Waals surface area contributed by atoms with E-state index in [1.807, 2.05) is 0 Å². The molecule has 4 nitrogen and oxygen atoms in total. The Morgan fingerprint density at radius 1 is 1.00 bits per heavy atom. The van der Waals surface area contributed by atoms with Gasteiger partial charge in [0.05, 0.1) is 0 Å². The van der Waals surface area contributed by atoms with E-state index in [1.54, 1.807) is 0 Å². The molecule has 0 unspecified atom stereocenters. The Hall–Kier alpha value is 1.42. The molecule has 0 atom stereocenters. The van der Waals surface area contributed by atoms with Crippen molar-refractivity contribution >= 4 is 32.1 Å². The van der Waals surface area contributed by atoms with Gasteiger partial charge in [-0.15, -0.1) is 0 Å². The van der Waals surface area contributed by atoms with Gasteiger partial charge in [0.2, 0.25) is 0 Å². The average molecular weight is 130 g/mol. The third-order valence-electron chi connectivity index (χ3n) is 0. The van der Waals surface area contributed by atoms with Gasteiger partial charge in [-0.3, -0.25) is 0 Å². The van der Waals surface area contributed by atoms with Gasteiger partial charge in [-0.05, 0) is 0 Å². The SMILES string of the molecule is O[Si](O)(O)O.[H-].[H-].[H-].[Li+].[Mg+2]. The normalized spacial score (nSPS) is 8.57. The average Bonchev–Trinajstić information content (AvgIpc) is 0.722. The van der Waals surface area contributed by atoms with Crippen LogP contribution in [0.25, 0.3) is 0 Å². The third kappa shape index (κ3) is 108. The molecule has 7 heteroatoms. The summed E-state index contributed by atoms with van der Waals surface area (Å²) >= 11 is 0. The summed E-state index contributed by atoms with van der Waals surface area (Å²) in [5.74, 6) is 0. The Labute approximate surface area is 74.4 Å². The predicted octanol–water partition coefficient (Wildman–Crippen LogP) is -5.65. The fourth-order valence-corrected chi connectivity index (χ4v) is 0. The monoisotopic (exact) mass is 130 g/mol. The minimum Gasteiger partial charge on any atom is -1.00 e. The Kier molecular flexibility index (Phi) is 12.5. The third-order valence-corrected chi connectivity index (χ3v) is 0. The van der Waals surface area contributed by atoms with Crippen LogP contribution in [-0.4, -0.2) is 51.3 Å².